The summed E-state index contributed by atoms with van der Waals surface area (Å²) in [4.78, 5) is 54.0. The molecule has 0 aliphatic carbocycles. The minimum atomic E-state index is -1.85. The lowest BCUT2D eigenvalue weighted by Gasteiger charge is -2.25. The molecule has 3 aromatic carbocycles. The van der Waals surface area contributed by atoms with Gasteiger partial charge in [-0.1, -0.05) is 98.8 Å². The van der Waals surface area contributed by atoms with Crippen LogP contribution in [0.2, 0.25) is 0 Å². The Bertz CT molecular complexity index is 1660. The summed E-state index contributed by atoms with van der Waals surface area (Å²) in [5.74, 6) is -8.24. The predicted octanol–water partition coefficient (Wildman–Crippen LogP) is 5.33. The lowest BCUT2D eigenvalue weighted by Crippen LogP contribution is -2.46. The number of ketones is 4. The highest BCUT2D eigenvalue weighted by Crippen LogP contribution is 2.23. The van der Waals surface area contributed by atoms with Crippen molar-refractivity contribution in [2.75, 3.05) is 0 Å². The molecule has 9 heteroatoms. The molecule has 5 N–H and O–H groups in total. The fraction of sp³-hybridized carbons (Fsp3) is 0.297. The molecule has 4 unspecified atom stereocenters. The molecule has 0 fully saturated rings. The molecule has 0 amide bonds. The number of carbonyl (C=O) groups is 4. The smallest absolute Gasteiger partial charge is 0.207 e. The number of hydrogen-bond donors (Lipinski definition) is 5. The van der Waals surface area contributed by atoms with Crippen LogP contribution in [0, 0.1) is 52.2 Å². The number of aryl methyl sites for hydroxylation is 1. The van der Waals surface area contributed by atoms with Gasteiger partial charge in [0.1, 0.15) is 0 Å². The molecule has 0 heterocycles. The van der Waals surface area contributed by atoms with Crippen LogP contribution < -0.4 is 0 Å². The minimum Gasteiger partial charge on any atom is -0.379 e. The van der Waals surface area contributed by atoms with Crippen LogP contribution in [-0.4, -0.2) is 57.2 Å². The zero-order valence-corrected chi connectivity index (χ0v) is 26.5. The van der Waals surface area contributed by atoms with Gasteiger partial charge in [0.05, 0.1) is 34.9 Å². The number of hydrogen-bond acceptors (Lipinski definition) is 9. The van der Waals surface area contributed by atoms with E-state index in [0.29, 0.717) is 11.1 Å². The molecule has 3 rings (SSSR count). The van der Waals surface area contributed by atoms with E-state index in [-0.39, 0.29) is 24.1 Å². The van der Waals surface area contributed by atoms with Crippen molar-refractivity contribution in [3.63, 3.8) is 0 Å². The van der Waals surface area contributed by atoms with Crippen LogP contribution in [0.3, 0.4) is 0 Å². The Labute approximate surface area is 269 Å². The SMILES string of the molecule is Cc1ccccc1CC(C(=N)C(=O)c1ccccc1)C(=O)C(=N)C(C)C(=O)C(=N)C(C(=O)C(O)C(=N)Cc1ccccc1)C(C)C. The second kappa shape index (κ2) is 15.8. The van der Waals surface area contributed by atoms with Crippen molar-refractivity contribution in [3.8, 4) is 0 Å². The van der Waals surface area contributed by atoms with Gasteiger partial charge in [-0.25, -0.2) is 0 Å². The maximum absolute atomic E-state index is 13.8. The Morgan fingerprint density at radius 1 is 0.696 bits per heavy atom. The summed E-state index contributed by atoms with van der Waals surface area (Å²) in [6, 6.07) is 24.1. The first-order valence-corrected chi connectivity index (χ1v) is 15.1. The third kappa shape index (κ3) is 8.37. The summed E-state index contributed by atoms with van der Waals surface area (Å²) in [7, 11) is 0. The first-order valence-electron chi connectivity index (χ1n) is 15.1. The number of rotatable bonds is 17. The van der Waals surface area contributed by atoms with Crippen LogP contribution in [0.4, 0.5) is 0 Å². The summed E-state index contributed by atoms with van der Waals surface area (Å²) >= 11 is 0. The van der Waals surface area contributed by atoms with E-state index >= 15 is 0 Å². The molecular formula is C37H40N4O5. The maximum atomic E-state index is 13.8. The van der Waals surface area contributed by atoms with Gasteiger partial charge < -0.3 is 26.7 Å². The van der Waals surface area contributed by atoms with E-state index in [1.165, 1.54) is 19.1 Å². The number of aliphatic hydroxyl groups is 1. The Morgan fingerprint density at radius 2 is 1.24 bits per heavy atom. The lowest BCUT2D eigenvalue weighted by atomic mass is 9.77. The number of Topliss-reactive ketones (excluding diaryl/α,β-unsaturated/α-hetero) is 4. The third-order valence-corrected chi connectivity index (χ3v) is 8.11. The van der Waals surface area contributed by atoms with Gasteiger partial charge in [0.2, 0.25) is 5.78 Å². The van der Waals surface area contributed by atoms with E-state index < -0.39 is 70.0 Å². The molecule has 0 spiro atoms. The van der Waals surface area contributed by atoms with E-state index in [1.807, 2.05) is 19.1 Å². The predicted molar refractivity (Wildman–Crippen MR) is 179 cm³/mol. The summed E-state index contributed by atoms with van der Waals surface area (Å²) in [6.45, 7) is 6.32. The molecule has 0 aliphatic rings. The molecule has 4 atom stereocenters. The van der Waals surface area contributed by atoms with Crippen molar-refractivity contribution in [1.29, 1.82) is 21.6 Å². The van der Waals surface area contributed by atoms with Gasteiger partial charge in [-0.3, -0.25) is 19.2 Å². The summed E-state index contributed by atoms with van der Waals surface area (Å²) < 4.78 is 0. The number of benzene rings is 3. The molecule has 0 radical (unpaired) electrons. The molecule has 0 bridgehead atoms. The molecule has 0 saturated carbocycles. The van der Waals surface area contributed by atoms with Crippen LogP contribution in [0.15, 0.2) is 84.9 Å². The third-order valence-electron chi connectivity index (χ3n) is 8.11. The average molecular weight is 621 g/mol. The summed E-state index contributed by atoms with van der Waals surface area (Å²) in [5, 5.41) is 45.1. The van der Waals surface area contributed by atoms with Crippen molar-refractivity contribution in [1.82, 2.24) is 0 Å². The Morgan fingerprint density at radius 3 is 1.80 bits per heavy atom. The van der Waals surface area contributed by atoms with Gasteiger partial charge in [-0.05, 0) is 42.9 Å². The molecule has 3 aromatic rings. The minimum absolute atomic E-state index is 0.00529. The second-order valence-corrected chi connectivity index (χ2v) is 11.8. The average Bonchev–Trinajstić information content (AvgIpc) is 3.06. The normalized spacial score (nSPS) is 13.6. The largest absolute Gasteiger partial charge is 0.379 e. The fourth-order valence-corrected chi connectivity index (χ4v) is 5.27. The standard InChI is InChI=1S/C37H40N4O5/c1-21(2)29(37(46)36(45)28(38)19-24-14-7-5-8-15-24)32(41)33(42)23(4)30(39)35(44)27(20-26-18-12-11-13-22(26)3)31(40)34(43)25-16-9-6-10-17-25/h5-18,21,23,27,29,36,38-41,45H,19-20H2,1-4H3. The second-order valence-electron chi connectivity index (χ2n) is 11.8. The molecule has 46 heavy (non-hydrogen) atoms. The van der Waals surface area contributed by atoms with Gasteiger partial charge in [0.25, 0.3) is 0 Å². The van der Waals surface area contributed by atoms with E-state index in [0.717, 1.165) is 5.56 Å². The van der Waals surface area contributed by atoms with Crippen molar-refractivity contribution in [2.24, 2.45) is 23.7 Å². The summed E-state index contributed by atoms with van der Waals surface area (Å²) in [5.41, 5.74) is 0.281. The highest BCUT2D eigenvalue weighted by atomic mass is 16.3. The van der Waals surface area contributed by atoms with Gasteiger partial charge in [0.15, 0.2) is 23.5 Å². The monoisotopic (exact) mass is 620 g/mol. The van der Waals surface area contributed by atoms with Gasteiger partial charge in [0, 0.05) is 17.7 Å². The van der Waals surface area contributed by atoms with Crippen LogP contribution in [-0.2, 0) is 27.2 Å². The van der Waals surface area contributed by atoms with Crippen LogP contribution in [0.1, 0.15) is 47.8 Å². The van der Waals surface area contributed by atoms with Crippen LogP contribution >= 0.6 is 0 Å². The molecular weight excluding hydrogens is 580 g/mol. The Balaban J connectivity index is 1.85. The molecule has 9 nitrogen and oxygen atoms in total. The number of aliphatic hydroxyl groups excluding tert-OH is 1. The maximum Gasteiger partial charge on any atom is 0.207 e. The van der Waals surface area contributed by atoms with E-state index in [4.69, 9.17) is 21.6 Å². The highest BCUT2D eigenvalue weighted by Gasteiger charge is 2.40. The summed E-state index contributed by atoms with van der Waals surface area (Å²) in [6.07, 6.45) is -1.89. The Kier molecular flexibility index (Phi) is 12.2. The van der Waals surface area contributed by atoms with Crippen LogP contribution in [0.5, 0.6) is 0 Å². The Hall–Kier alpha value is -5.02. The topological polar surface area (TPSA) is 184 Å². The van der Waals surface area contributed by atoms with Crippen LogP contribution in [0.25, 0.3) is 0 Å². The van der Waals surface area contributed by atoms with Crippen molar-refractivity contribution in [3.05, 3.63) is 107 Å². The first kappa shape index (κ1) is 35.5. The highest BCUT2D eigenvalue weighted by molar-refractivity contribution is 6.58. The van der Waals surface area contributed by atoms with Crippen molar-refractivity contribution < 1.29 is 24.3 Å². The molecule has 0 saturated heterocycles. The number of carbonyl (C=O) groups excluding carboxylic acids is 4. The van der Waals surface area contributed by atoms with Gasteiger partial charge in [-0.15, -0.1) is 0 Å². The fourth-order valence-electron chi connectivity index (χ4n) is 5.27. The zero-order chi connectivity index (χ0) is 34.1. The molecule has 0 aromatic heterocycles. The van der Waals surface area contributed by atoms with E-state index in [1.54, 1.807) is 74.5 Å². The van der Waals surface area contributed by atoms with Gasteiger partial charge >= 0.3 is 0 Å². The first-order chi connectivity index (χ1) is 21.8. The number of nitrogens with one attached hydrogen (secondary N) is 4. The molecule has 0 aliphatic heterocycles. The van der Waals surface area contributed by atoms with E-state index in [2.05, 4.69) is 0 Å². The van der Waals surface area contributed by atoms with E-state index in [9.17, 15) is 24.3 Å². The van der Waals surface area contributed by atoms with Gasteiger partial charge in [-0.2, -0.15) is 0 Å². The molecule has 238 valence electrons. The zero-order valence-electron chi connectivity index (χ0n) is 26.5. The van der Waals surface area contributed by atoms with Crippen molar-refractivity contribution >= 4 is 46.0 Å². The quantitative estimate of drug-likeness (QED) is 0.101. The van der Waals surface area contributed by atoms with Crippen molar-refractivity contribution in [2.45, 2.75) is 46.6 Å². The lowest BCUT2D eigenvalue weighted by molar-refractivity contribution is -0.128.